The summed E-state index contributed by atoms with van der Waals surface area (Å²) in [5.41, 5.74) is 1.05. The second kappa shape index (κ2) is 6.84. The molecule has 7 heteroatoms. The number of benzene rings is 1. The topological polar surface area (TPSA) is 76.9 Å². The van der Waals surface area contributed by atoms with Gasteiger partial charge in [-0.2, -0.15) is 0 Å². The van der Waals surface area contributed by atoms with Crippen molar-refractivity contribution in [2.45, 2.75) is 26.2 Å². The molecule has 0 aliphatic carbocycles. The Balaban J connectivity index is 1.71. The average molecular weight is 368 g/mol. The third-order valence-corrected chi connectivity index (χ3v) is 5.22. The van der Waals surface area contributed by atoms with Crippen molar-refractivity contribution in [2.24, 2.45) is 7.05 Å². The van der Waals surface area contributed by atoms with Gasteiger partial charge in [-0.15, -0.1) is 11.3 Å². The average Bonchev–Trinajstić information content (AvgIpc) is 3.23. The Morgan fingerprint density at radius 2 is 1.81 bits per heavy atom. The molecule has 0 radical (unpaired) electrons. The molecule has 0 aliphatic heterocycles. The van der Waals surface area contributed by atoms with Gasteiger partial charge in [-0.25, -0.2) is 9.97 Å². The van der Waals surface area contributed by atoms with Crippen LogP contribution in [0.4, 0.5) is 5.69 Å². The lowest BCUT2D eigenvalue weighted by molar-refractivity contribution is 0.102. The summed E-state index contributed by atoms with van der Waals surface area (Å²) in [5.74, 6) is 0.00925. The Labute approximate surface area is 155 Å². The third-order valence-electron chi connectivity index (χ3n) is 3.80. The first-order chi connectivity index (χ1) is 12.3. The number of aryl methyl sites for hydroxylation is 1. The van der Waals surface area contributed by atoms with E-state index in [0.717, 1.165) is 5.01 Å². The van der Waals surface area contributed by atoms with Crippen molar-refractivity contribution >= 4 is 28.7 Å². The van der Waals surface area contributed by atoms with E-state index in [1.165, 1.54) is 11.3 Å². The number of hydrogen-bond donors (Lipinski definition) is 1. The van der Waals surface area contributed by atoms with Gasteiger partial charge in [0.1, 0.15) is 4.88 Å². The Morgan fingerprint density at radius 3 is 2.35 bits per heavy atom. The number of rotatable bonds is 4. The number of amides is 1. The number of imidazole rings is 1. The molecule has 0 bridgehead atoms. The molecule has 26 heavy (non-hydrogen) atoms. The van der Waals surface area contributed by atoms with Gasteiger partial charge in [0.05, 0.1) is 11.2 Å². The quantitative estimate of drug-likeness (QED) is 0.713. The summed E-state index contributed by atoms with van der Waals surface area (Å²) in [4.78, 5) is 33.7. The second-order valence-electron chi connectivity index (χ2n) is 7.00. The van der Waals surface area contributed by atoms with Crippen LogP contribution >= 0.6 is 11.3 Å². The molecular weight excluding hydrogens is 348 g/mol. The van der Waals surface area contributed by atoms with Crippen molar-refractivity contribution in [3.8, 4) is 0 Å². The highest BCUT2D eigenvalue weighted by molar-refractivity contribution is 7.13. The highest BCUT2D eigenvalue weighted by atomic mass is 32.1. The van der Waals surface area contributed by atoms with E-state index in [0.29, 0.717) is 22.0 Å². The molecule has 3 rings (SSSR count). The normalized spacial score (nSPS) is 11.4. The van der Waals surface area contributed by atoms with Crippen molar-refractivity contribution in [2.75, 3.05) is 5.32 Å². The molecule has 1 N–H and O–H groups in total. The maximum atomic E-state index is 12.4. The van der Waals surface area contributed by atoms with Gasteiger partial charge in [-0.05, 0) is 24.3 Å². The minimum atomic E-state index is -0.207. The van der Waals surface area contributed by atoms with Crippen LogP contribution in [0.25, 0.3) is 0 Å². The van der Waals surface area contributed by atoms with E-state index in [9.17, 15) is 9.59 Å². The summed E-state index contributed by atoms with van der Waals surface area (Å²) >= 11 is 1.39. The molecule has 0 saturated heterocycles. The Hall–Kier alpha value is -2.80. The molecule has 0 atom stereocenters. The second-order valence-corrected chi connectivity index (χ2v) is 8.03. The maximum Gasteiger partial charge on any atom is 0.267 e. The van der Waals surface area contributed by atoms with Crippen LogP contribution in [0, 0.1) is 0 Å². The van der Waals surface area contributed by atoms with Gasteiger partial charge in [-0.3, -0.25) is 9.59 Å². The first-order valence-corrected chi connectivity index (χ1v) is 8.97. The lowest BCUT2D eigenvalue weighted by Gasteiger charge is -2.13. The zero-order valence-electron chi connectivity index (χ0n) is 15.1. The maximum absolute atomic E-state index is 12.4. The van der Waals surface area contributed by atoms with E-state index in [1.807, 2.05) is 0 Å². The Morgan fingerprint density at radius 1 is 1.12 bits per heavy atom. The number of carbonyl (C=O) groups excluding carboxylic acids is 2. The van der Waals surface area contributed by atoms with Crippen molar-refractivity contribution in [1.82, 2.24) is 14.5 Å². The fourth-order valence-electron chi connectivity index (χ4n) is 2.34. The summed E-state index contributed by atoms with van der Waals surface area (Å²) < 4.78 is 1.68. The van der Waals surface area contributed by atoms with Gasteiger partial charge < -0.3 is 9.88 Å². The molecule has 0 saturated carbocycles. The molecular formula is C19H20N4O2S. The first-order valence-electron chi connectivity index (χ1n) is 8.15. The molecule has 0 unspecified atom stereocenters. The lowest BCUT2D eigenvalue weighted by atomic mass is 9.98. The molecule has 1 amide bonds. The number of nitrogens with one attached hydrogen (secondary N) is 1. The van der Waals surface area contributed by atoms with E-state index in [1.54, 1.807) is 54.5 Å². The SMILES string of the molecule is Cn1ccnc1C(=O)c1ccc(NC(=O)c2cnc(C(C)(C)C)s2)cc1. The number of aromatic nitrogens is 3. The zero-order valence-corrected chi connectivity index (χ0v) is 15.9. The minimum Gasteiger partial charge on any atom is -0.331 e. The molecule has 0 fully saturated rings. The third kappa shape index (κ3) is 3.72. The number of nitrogens with zero attached hydrogens (tertiary/aromatic N) is 3. The van der Waals surface area contributed by atoms with Crippen LogP contribution in [-0.4, -0.2) is 26.2 Å². The number of ketones is 1. The highest BCUT2D eigenvalue weighted by Crippen LogP contribution is 2.27. The van der Waals surface area contributed by atoms with Crippen LogP contribution in [0.2, 0.25) is 0 Å². The number of hydrogen-bond acceptors (Lipinski definition) is 5. The van der Waals surface area contributed by atoms with Gasteiger partial charge in [0, 0.05) is 36.1 Å². The first kappa shape index (κ1) is 18.0. The largest absolute Gasteiger partial charge is 0.331 e. The monoisotopic (exact) mass is 368 g/mol. The van der Waals surface area contributed by atoms with E-state index in [2.05, 4.69) is 36.1 Å². The smallest absolute Gasteiger partial charge is 0.267 e. The van der Waals surface area contributed by atoms with Crippen LogP contribution in [-0.2, 0) is 12.5 Å². The minimum absolute atomic E-state index is 0.0871. The number of carbonyl (C=O) groups is 2. The fourth-order valence-corrected chi connectivity index (χ4v) is 3.21. The van der Waals surface area contributed by atoms with Crippen LogP contribution in [0.3, 0.4) is 0 Å². The molecule has 6 nitrogen and oxygen atoms in total. The molecule has 0 aliphatic rings. The molecule has 3 aromatic rings. The number of anilines is 1. The van der Waals surface area contributed by atoms with Crippen molar-refractivity contribution in [1.29, 1.82) is 0 Å². The summed E-state index contributed by atoms with van der Waals surface area (Å²) in [6.45, 7) is 6.18. The van der Waals surface area contributed by atoms with Crippen molar-refractivity contribution < 1.29 is 9.59 Å². The highest BCUT2D eigenvalue weighted by Gasteiger charge is 2.20. The van der Waals surface area contributed by atoms with Gasteiger partial charge >= 0.3 is 0 Å². The lowest BCUT2D eigenvalue weighted by Crippen LogP contribution is -2.11. The summed E-state index contributed by atoms with van der Waals surface area (Å²) in [5, 5.41) is 3.75. The van der Waals surface area contributed by atoms with Crippen molar-refractivity contribution in [3.63, 3.8) is 0 Å². The van der Waals surface area contributed by atoms with Gasteiger partial charge in [-0.1, -0.05) is 20.8 Å². The van der Waals surface area contributed by atoms with Crippen LogP contribution in [0.5, 0.6) is 0 Å². The zero-order chi connectivity index (χ0) is 18.9. The molecule has 1 aromatic carbocycles. The van der Waals surface area contributed by atoms with E-state index in [-0.39, 0.29) is 17.1 Å². The Bertz CT molecular complexity index is 949. The molecule has 134 valence electrons. The summed E-state index contributed by atoms with van der Waals surface area (Å²) in [6.07, 6.45) is 4.91. The molecule has 2 aromatic heterocycles. The standard InChI is InChI=1S/C19H20N4O2S/c1-19(2,3)18-21-11-14(26-18)17(25)22-13-7-5-12(6-8-13)15(24)16-20-9-10-23(16)4/h5-11H,1-4H3,(H,22,25). The predicted octanol–water partition coefficient (Wildman–Crippen LogP) is 3.66. The van der Waals surface area contributed by atoms with E-state index in [4.69, 9.17) is 0 Å². The summed E-state index contributed by atoms with van der Waals surface area (Å²) in [7, 11) is 1.77. The van der Waals surface area contributed by atoms with Crippen LogP contribution in [0.1, 0.15) is 51.6 Å². The predicted molar refractivity (Wildman–Crippen MR) is 102 cm³/mol. The Kier molecular flexibility index (Phi) is 4.73. The molecule has 0 spiro atoms. The van der Waals surface area contributed by atoms with E-state index < -0.39 is 0 Å². The fraction of sp³-hybridized carbons (Fsp3) is 0.263. The van der Waals surface area contributed by atoms with E-state index >= 15 is 0 Å². The van der Waals surface area contributed by atoms with Crippen LogP contribution in [0.15, 0.2) is 42.9 Å². The number of thiazole rings is 1. The van der Waals surface area contributed by atoms with Gasteiger partial charge in [0.2, 0.25) is 5.78 Å². The van der Waals surface area contributed by atoms with Crippen LogP contribution < -0.4 is 5.32 Å². The summed E-state index contributed by atoms with van der Waals surface area (Å²) in [6, 6.07) is 6.78. The molecule has 2 heterocycles. The van der Waals surface area contributed by atoms with Gasteiger partial charge in [0.25, 0.3) is 5.91 Å². The van der Waals surface area contributed by atoms with Crippen molar-refractivity contribution in [3.05, 3.63) is 64.1 Å². The van der Waals surface area contributed by atoms with Gasteiger partial charge in [0.15, 0.2) is 5.82 Å².